The van der Waals surface area contributed by atoms with Crippen LogP contribution in [-0.4, -0.2) is 11.1 Å². The highest BCUT2D eigenvalue weighted by Gasteiger charge is 2.14. The molecular formula is C16H16INO2. The molecule has 2 rings (SSSR count). The van der Waals surface area contributed by atoms with Gasteiger partial charge < -0.3 is 10.4 Å². The van der Waals surface area contributed by atoms with E-state index in [0.717, 1.165) is 14.7 Å². The maximum Gasteiger partial charge on any atom is 0.305 e. The molecule has 0 heterocycles. The number of carboxylic acids is 1. The molecule has 0 bridgehead atoms. The van der Waals surface area contributed by atoms with Crippen LogP contribution in [-0.2, 0) is 11.3 Å². The van der Waals surface area contributed by atoms with Crippen LogP contribution in [0.25, 0.3) is 0 Å². The standard InChI is InChI=1S/C16H16INO2/c17-14-8-6-13(7-9-14)15(10-16(19)20)18-11-12-4-2-1-3-5-12/h1-9,15,18H,10-11H2,(H,19,20). The third kappa shape index (κ3) is 4.61. The molecule has 0 radical (unpaired) electrons. The summed E-state index contributed by atoms with van der Waals surface area (Å²) in [7, 11) is 0. The first-order chi connectivity index (χ1) is 9.65. The minimum absolute atomic E-state index is 0.0768. The molecule has 0 aliphatic heterocycles. The first kappa shape index (κ1) is 15.0. The average molecular weight is 381 g/mol. The first-order valence-corrected chi connectivity index (χ1v) is 7.47. The third-order valence-electron chi connectivity index (χ3n) is 3.05. The summed E-state index contributed by atoms with van der Waals surface area (Å²) < 4.78 is 1.14. The topological polar surface area (TPSA) is 49.3 Å². The summed E-state index contributed by atoms with van der Waals surface area (Å²) in [5.41, 5.74) is 2.15. The molecule has 20 heavy (non-hydrogen) atoms. The number of carboxylic acid groups (broad SMARTS) is 1. The lowest BCUT2D eigenvalue weighted by Gasteiger charge is -2.17. The molecule has 1 unspecified atom stereocenters. The fourth-order valence-electron chi connectivity index (χ4n) is 2.01. The molecule has 0 spiro atoms. The Morgan fingerprint density at radius 2 is 1.75 bits per heavy atom. The predicted octanol–water partition coefficient (Wildman–Crippen LogP) is 3.60. The lowest BCUT2D eigenvalue weighted by atomic mass is 10.0. The summed E-state index contributed by atoms with van der Waals surface area (Å²) in [6.45, 7) is 0.658. The molecule has 3 nitrogen and oxygen atoms in total. The highest BCUT2D eigenvalue weighted by molar-refractivity contribution is 14.1. The Morgan fingerprint density at radius 1 is 1.10 bits per heavy atom. The summed E-state index contributed by atoms with van der Waals surface area (Å²) in [4.78, 5) is 11.0. The minimum atomic E-state index is -0.797. The van der Waals surface area contributed by atoms with Crippen LogP contribution in [0.4, 0.5) is 0 Å². The second-order valence-corrected chi connectivity index (χ2v) is 5.81. The van der Waals surface area contributed by atoms with Gasteiger partial charge in [0.2, 0.25) is 0 Å². The van der Waals surface area contributed by atoms with E-state index in [1.165, 1.54) is 0 Å². The Kier molecular flexibility index (Phi) is 5.55. The van der Waals surface area contributed by atoms with Gasteiger partial charge in [-0.25, -0.2) is 0 Å². The summed E-state index contributed by atoms with van der Waals surface area (Å²) >= 11 is 2.24. The van der Waals surface area contributed by atoms with Crippen molar-refractivity contribution in [3.05, 3.63) is 69.3 Å². The molecule has 0 aromatic heterocycles. The number of hydrogen-bond acceptors (Lipinski definition) is 2. The Bertz CT molecular complexity index is 554. The molecule has 104 valence electrons. The van der Waals surface area contributed by atoms with Crippen molar-refractivity contribution in [1.82, 2.24) is 5.32 Å². The molecule has 0 aliphatic carbocycles. The molecule has 2 aromatic carbocycles. The second kappa shape index (κ2) is 7.40. The molecule has 2 aromatic rings. The van der Waals surface area contributed by atoms with Crippen LogP contribution in [0.1, 0.15) is 23.6 Å². The first-order valence-electron chi connectivity index (χ1n) is 6.40. The third-order valence-corrected chi connectivity index (χ3v) is 3.77. The van der Waals surface area contributed by atoms with E-state index in [4.69, 9.17) is 5.11 Å². The molecule has 0 amide bonds. The molecule has 0 saturated carbocycles. The fourth-order valence-corrected chi connectivity index (χ4v) is 2.37. The highest BCUT2D eigenvalue weighted by atomic mass is 127. The quantitative estimate of drug-likeness (QED) is 0.752. The van der Waals surface area contributed by atoms with E-state index in [1.54, 1.807) is 0 Å². The predicted molar refractivity (Wildman–Crippen MR) is 87.4 cm³/mol. The monoisotopic (exact) mass is 381 g/mol. The molecule has 0 aliphatic rings. The number of halogens is 1. The molecule has 4 heteroatoms. The van der Waals surface area contributed by atoms with Crippen LogP contribution in [0.15, 0.2) is 54.6 Å². The van der Waals surface area contributed by atoms with Crippen molar-refractivity contribution in [2.24, 2.45) is 0 Å². The summed E-state index contributed by atoms with van der Waals surface area (Å²) in [6, 6.07) is 17.8. The van der Waals surface area contributed by atoms with Crippen molar-refractivity contribution in [3.63, 3.8) is 0 Å². The maximum absolute atomic E-state index is 11.0. The number of benzene rings is 2. The van der Waals surface area contributed by atoms with Crippen molar-refractivity contribution in [2.45, 2.75) is 19.0 Å². The van der Waals surface area contributed by atoms with E-state index in [9.17, 15) is 4.79 Å². The summed E-state index contributed by atoms with van der Waals surface area (Å²) in [5, 5.41) is 12.4. The van der Waals surface area contributed by atoms with Gasteiger partial charge in [0.15, 0.2) is 0 Å². The van der Waals surface area contributed by atoms with Crippen molar-refractivity contribution >= 4 is 28.6 Å². The van der Waals surface area contributed by atoms with Crippen molar-refractivity contribution in [1.29, 1.82) is 0 Å². The van der Waals surface area contributed by atoms with Crippen molar-refractivity contribution in [3.8, 4) is 0 Å². The number of aliphatic carboxylic acids is 1. The van der Waals surface area contributed by atoms with Gasteiger partial charge in [-0.2, -0.15) is 0 Å². The summed E-state index contributed by atoms with van der Waals surface area (Å²) in [5.74, 6) is -0.797. The van der Waals surface area contributed by atoms with Crippen LogP contribution < -0.4 is 5.32 Å². The lowest BCUT2D eigenvalue weighted by molar-refractivity contribution is -0.137. The van der Waals surface area contributed by atoms with Gasteiger partial charge in [-0.1, -0.05) is 42.5 Å². The smallest absolute Gasteiger partial charge is 0.305 e. The van der Waals surface area contributed by atoms with Gasteiger partial charge >= 0.3 is 5.97 Å². The average Bonchev–Trinajstić information content (AvgIpc) is 2.45. The van der Waals surface area contributed by atoms with Crippen LogP contribution in [0.2, 0.25) is 0 Å². The van der Waals surface area contributed by atoms with Crippen molar-refractivity contribution < 1.29 is 9.90 Å². The molecule has 0 saturated heterocycles. The number of hydrogen-bond donors (Lipinski definition) is 2. The number of carbonyl (C=O) groups is 1. The zero-order valence-corrected chi connectivity index (χ0v) is 13.1. The van der Waals surface area contributed by atoms with Crippen molar-refractivity contribution in [2.75, 3.05) is 0 Å². The van der Waals surface area contributed by atoms with Gasteiger partial charge in [0.1, 0.15) is 0 Å². The van der Waals surface area contributed by atoms with E-state index < -0.39 is 5.97 Å². The van der Waals surface area contributed by atoms with Crippen LogP contribution in [0, 0.1) is 3.57 Å². The Morgan fingerprint density at radius 3 is 2.35 bits per heavy atom. The van der Waals surface area contributed by atoms with Gasteiger partial charge in [-0.15, -0.1) is 0 Å². The Balaban J connectivity index is 2.07. The SMILES string of the molecule is O=C(O)CC(NCc1ccccc1)c1ccc(I)cc1. The minimum Gasteiger partial charge on any atom is -0.481 e. The second-order valence-electron chi connectivity index (χ2n) is 4.57. The molecule has 2 N–H and O–H groups in total. The van der Waals surface area contributed by atoms with Crippen LogP contribution in [0.3, 0.4) is 0 Å². The van der Waals surface area contributed by atoms with Crippen LogP contribution >= 0.6 is 22.6 Å². The van der Waals surface area contributed by atoms with E-state index in [2.05, 4.69) is 27.9 Å². The van der Waals surface area contributed by atoms with E-state index in [0.29, 0.717) is 6.54 Å². The number of rotatable bonds is 6. The molecule has 0 fully saturated rings. The van der Waals surface area contributed by atoms with E-state index in [1.807, 2.05) is 54.6 Å². The Hall–Kier alpha value is -1.40. The van der Waals surface area contributed by atoms with Gasteiger partial charge in [-0.3, -0.25) is 4.79 Å². The Labute approximate surface area is 132 Å². The van der Waals surface area contributed by atoms with E-state index in [-0.39, 0.29) is 12.5 Å². The van der Waals surface area contributed by atoms with Gasteiger partial charge in [0.25, 0.3) is 0 Å². The van der Waals surface area contributed by atoms with Gasteiger partial charge in [-0.05, 0) is 45.9 Å². The summed E-state index contributed by atoms with van der Waals surface area (Å²) in [6.07, 6.45) is 0.0768. The van der Waals surface area contributed by atoms with Gasteiger partial charge in [0, 0.05) is 16.2 Å². The van der Waals surface area contributed by atoms with Gasteiger partial charge in [0.05, 0.1) is 6.42 Å². The van der Waals surface area contributed by atoms with Crippen LogP contribution in [0.5, 0.6) is 0 Å². The zero-order valence-electron chi connectivity index (χ0n) is 10.9. The zero-order chi connectivity index (χ0) is 14.4. The van der Waals surface area contributed by atoms with E-state index >= 15 is 0 Å². The molecular weight excluding hydrogens is 365 g/mol. The highest BCUT2D eigenvalue weighted by Crippen LogP contribution is 2.19. The maximum atomic E-state index is 11.0. The lowest BCUT2D eigenvalue weighted by Crippen LogP contribution is -2.23. The normalized spacial score (nSPS) is 12.1. The number of nitrogens with one attached hydrogen (secondary N) is 1. The largest absolute Gasteiger partial charge is 0.481 e. The molecule has 1 atom stereocenters. The fraction of sp³-hybridized carbons (Fsp3) is 0.188.